The van der Waals surface area contributed by atoms with Crippen molar-refractivity contribution in [1.82, 2.24) is 4.94 Å². The lowest BCUT2D eigenvalue weighted by Gasteiger charge is -2.18. The third kappa shape index (κ3) is 3.95. The summed E-state index contributed by atoms with van der Waals surface area (Å²) >= 11 is 9.00. The van der Waals surface area contributed by atoms with Crippen LogP contribution in [0, 0.1) is 0 Å². The van der Waals surface area contributed by atoms with E-state index in [-0.39, 0.29) is 10.8 Å². The number of halogens is 2. The Morgan fingerprint density at radius 3 is 2.44 bits per heavy atom. The molecule has 0 aromatic heterocycles. The Morgan fingerprint density at radius 1 is 1.12 bits per heavy atom. The van der Waals surface area contributed by atoms with E-state index >= 15 is 0 Å². The molecule has 2 aromatic carbocycles. The van der Waals surface area contributed by atoms with Crippen LogP contribution in [-0.4, -0.2) is 13.3 Å². The van der Waals surface area contributed by atoms with Crippen molar-refractivity contribution in [2.45, 2.75) is 10.8 Å². The maximum Gasteiger partial charge on any atom is 0.266 e. The average Bonchev–Trinajstić information content (AvgIpc) is 2.61. The highest BCUT2D eigenvalue weighted by Crippen LogP contribution is 2.30. The summed E-state index contributed by atoms with van der Waals surface area (Å²) in [5.74, 6) is 0.0200. The normalized spacial score (nSPS) is 17.4. The lowest BCUT2D eigenvalue weighted by Crippen LogP contribution is -2.14. The molecule has 3 nitrogen and oxygen atoms in total. The summed E-state index contributed by atoms with van der Waals surface area (Å²) in [7, 11) is -4.09. The molecule has 0 bridgehead atoms. The van der Waals surface area contributed by atoms with Crippen molar-refractivity contribution < 1.29 is 12.9 Å². The maximum absolute atomic E-state index is 12.3. The fraction of sp³-hybridized carbons (Fsp3) is 0.0556. The minimum Gasteiger partial charge on any atom is -0.205 e. The van der Waals surface area contributed by atoms with Crippen molar-refractivity contribution in [1.29, 1.82) is 0 Å². The van der Waals surface area contributed by atoms with E-state index in [1.54, 1.807) is 12.1 Å². The average molecular weight is 438 g/mol. The minimum absolute atomic E-state index is 0.0200. The molecule has 0 heterocycles. The van der Waals surface area contributed by atoms with Gasteiger partial charge in [-0.3, -0.25) is 0 Å². The Labute approximate surface area is 159 Å². The van der Waals surface area contributed by atoms with Crippen LogP contribution in [-0.2, 0) is 10.0 Å². The zero-order valence-electron chi connectivity index (χ0n) is 12.8. The van der Waals surface area contributed by atoms with Gasteiger partial charge in [0.05, 0.1) is 4.90 Å². The zero-order chi connectivity index (χ0) is 18.0. The molecule has 128 valence electrons. The topological polar surface area (TPSA) is 46.2 Å². The van der Waals surface area contributed by atoms with Gasteiger partial charge in [0.2, 0.25) is 0 Å². The molecule has 0 fully saturated rings. The molecular formula is C18H13BrFNO2S2. The molecule has 25 heavy (non-hydrogen) atoms. The van der Waals surface area contributed by atoms with Crippen LogP contribution in [0.2, 0.25) is 0 Å². The second-order valence-electron chi connectivity index (χ2n) is 5.50. The van der Waals surface area contributed by atoms with Gasteiger partial charge in [-0.15, -0.1) is 4.48 Å². The molecule has 7 heteroatoms. The number of sulfonamides is 1. The summed E-state index contributed by atoms with van der Waals surface area (Å²) in [6, 6.07) is 13.9. The predicted octanol–water partition coefficient (Wildman–Crippen LogP) is 4.72. The van der Waals surface area contributed by atoms with Gasteiger partial charge in [0.1, 0.15) is 0 Å². The molecule has 1 atom stereocenters. The summed E-state index contributed by atoms with van der Waals surface area (Å²) in [4.78, 5) is 1.46. The number of hydrogen-bond acceptors (Lipinski definition) is 3. The fourth-order valence-corrected chi connectivity index (χ4v) is 3.95. The Hall–Kier alpha value is -1.67. The number of nitrogens with one attached hydrogen (secondary N) is 1. The van der Waals surface area contributed by atoms with E-state index < -0.39 is 10.0 Å². The Bertz CT molecular complexity index is 982. The molecule has 1 unspecified atom stereocenters. The van der Waals surface area contributed by atoms with Gasteiger partial charge in [-0.25, -0.2) is 8.42 Å². The van der Waals surface area contributed by atoms with Gasteiger partial charge < -0.3 is 0 Å². The van der Waals surface area contributed by atoms with Gasteiger partial charge in [0, 0.05) is 15.3 Å². The maximum atomic E-state index is 12.3. The zero-order valence-corrected chi connectivity index (χ0v) is 16.0. The van der Waals surface area contributed by atoms with Crippen LogP contribution in [0.1, 0.15) is 17.0 Å². The van der Waals surface area contributed by atoms with Crippen LogP contribution in [0.3, 0.4) is 0 Å². The monoisotopic (exact) mass is 437 g/mol. The summed E-state index contributed by atoms with van der Waals surface area (Å²) in [6.45, 7) is 0. The molecule has 0 radical (unpaired) electrons. The summed E-state index contributed by atoms with van der Waals surface area (Å²) in [6.07, 6.45) is 5.88. The molecule has 0 amide bonds. The number of allylic oxidation sites excluding steroid dienone is 4. The van der Waals surface area contributed by atoms with Crippen LogP contribution in [0.5, 0.6) is 0 Å². The van der Waals surface area contributed by atoms with E-state index in [1.807, 2.05) is 42.5 Å². The van der Waals surface area contributed by atoms with Gasteiger partial charge in [-0.05, 0) is 52.0 Å². The number of thiocarbonyl (C=S) groups is 1. The van der Waals surface area contributed by atoms with E-state index in [9.17, 15) is 12.9 Å². The van der Waals surface area contributed by atoms with Gasteiger partial charge in [0.25, 0.3) is 10.0 Å². The third-order valence-electron chi connectivity index (χ3n) is 3.88. The summed E-state index contributed by atoms with van der Waals surface area (Å²) < 4.78 is 36.2. The van der Waals surface area contributed by atoms with Crippen molar-refractivity contribution in [2.75, 3.05) is 0 Å². The van der Waals surface area contributed by atoms with E-state index in [0.717, 1.165) is 31.0 Å². The standard InChI is InChI=1S/C18H13BrFNO2S2/c19-15-3-1-2-14(10-15)17-9-6-13(11-18(17)24)12-4-7-16(8-5-12)25(22,23)21-20/h1-11,17,21H. The highest BCUT2D eigenvalue weighted by atomic mass is 79.9. The van der Waals surface area contributed by atoms with Crippen molar-refractivity contribution in [2.24, 2.45) is 0 Å². The molecule has 2 aromatic rings. The van der Waals surface area contributed by atoms with Crippen LogP contribution < -0.4 is 4.94 Å². The molecule has 0 saturated carbocycles. The highest BCUT2D eigenvalue weighted by molar-refractivity contribution is 9.10. The van der Waals surface area contributed by atoms with E-state index in [2.05, 4.69) is 15.9 Å². The Balaban J connectivity index is 1.85. The fourth-order valence-electron chi connectivity index (χ4n) is 2.61. The van der Waals surface area contributed by atoms with Crippen molar-refractivity contribution in [3.05, 3.63) is 82.4 Å². The predicted molar refractivity (Wildman–Crippen MR) is 104 cm³/mol. The molecule has 1 aliphatic rings. The van der Waals surface area contributed by atoms with Gasteiger partial charge in [-0.1, -0.05) is 64.6 Å². The Kier molecular flexibility index (Phi) is 5.29. The van der Waals surface area contributed by atoms with Gasteiger partial charge in [-0.2, -0.15) is 0 Å². The minimum atomic E-state index is -4.09. The first-order valence-electron chi connectivity index (χ1n) is 7.33. The van der Waals surface area contributed by atoms with Crippen molar-refractivity contribution in [3.63, 3.8) is 0 Å². The first-order chi connectivity index (χ1) is 11.9. The van der Waals surface area contributed by atoms with Crippen molar-refractivity contribution >= 4 is 48.6 Å². The van der Waals surface area contributed by atoms with Crippen molar-refractivity contribution in [3.8, 4) is 0 Å². The summed E-state index contributed by atoms with van der Waals surface area (Å²) in [5.41, 5.74) is 2.79. The SMILES string of the molecule is O=S(=O)(NF)c1ccc(C2=CC(=S)C(c3cccc(Br)c3)C=C2)cc1. The first-order valence-corrected chi connectivity index (χ1v) is 10.0. The molecule has 0 saturated heterocycles. The lowest BCUT2D eigenvalue weighted by molar-refractivity contribution is 0.425. The second-order valence-corrected chi connectivity index (χ2v) is 8.52. The number of rotatable bonds is 4. The van der Waals surface area contributed by atoms with E-state index in [4.69, 9.17) is 12.2 Å². The quantitative estimate of drug-likeness (QED) is 0.555. The Morgan fingerprint density at radius 2 is 1.84 bits per heavy atom. The molecule has 3 rings (SSSR count). The van der Waals surface area contributed by atoms with Crippen LogP contribution in [0.15, 0.2) is 76.1 Å². The molecule has 1 N–H and O–H groups in total. The van der Waals surface area contributed by atoms with Crippen LogP contribution >= 0.6 is 28.1 Å². The number of hydrogen-bond donors (Lipinski definition) is 1. The molecule has 0 spiro atoms. The lowest BCUT2D eigenvalue weighted by atomic mass is 9.88. The highest BCUT2D eigenvalue weighted by Gasteiger charge is 2.18. The molecular weight excluding hydrogens is 425 g/mol. The number of benzene rings is 2. The molecule has 0 aliphatic heterocycles. The summed E-state index contributed by atoms with van der Waals surface area (Å²) in [5, 5.41) is 0. The van der Waals surface area contributed by atoms with Gasteiger partial charge >= 0.3 is 0 Å². The third-order valence-corrected chi connectivity index (χ3v) is 5.84. The second kappa shape index (κ2) is 7.29. The largest absolute Gasteiger partial charge is 0.266 e. The first kappa shape index (κ1) is 18.1. The van der Waals surface area contributed by atoms with Gasteiger partial charge in [0.15, 0.2) is 0 Å². The molecule has 1 aliphatic carbocycles. The van der Waals surface area contributed by atoms with E-state index in [0.29, 0.717) is 0 Å². The van der Waals surface area contributed by atoms with Crippen LogP contribution in [0.4, 0.5) is 4.48 Å². The van der Waals surface area contributed by atoms with Crippen LogP contribution in [0.25, 0.3) is 5.57 Å². The smallest absolute Gasteiger partial charge is 0.205 e. The van der Waals surface area contributed by atoms with E-state index in [1.165, 1.54) is 12.1 Å².